The Bertz CT molecular complexity index is 1150. The lowest BCUT2D eigenvalue weighted by molar-refractivity contribution is -0.117. The van der Waals surface area contributed by atoms with Crippen LogP contribution in [0.3, 0.4) is 0 Å². The summed E-state index contributed by atoms with van der Waals surface area (Å²) in [4.78, 5) is 28.3. The van der Waals surface area contributed by atoms with Crippen LogP contribution in [-0.2, 0) is 16.2 Å². The van der Waals surface area contributed by atoms with Gasteiger partial charge in [0.05, 0.1) is 5.02 Å². The monoisotopic (exact) mass is 481 g/mol. The zero-order chi connectivity index (χ0) is 23.1. The van der Waals surface area contributed by atoms with Gasteiger partial charge in [0.1, 0.15) is 12.4 Å². The SMILES string of the molecule is CN1C2=C(C(=O)CCC2)C(c2ccc(OCc3ccc(Cl)cc3)c(Cl)c2)C2=C1CCCC2=O. The molecular formula is C27H25Cl2NO3. The van der Waals surface area contributed by atoms with Crippen LogP contribution in [-0.4, -0.2) is 23.5 Å². The van der Waals surface area contributed by atoms with E-state index >= 15 is 0 Å². The first kappa shape index (κ1) is 22.2. The molecule has 6 heteroatoms. The van der Waals surface area contributed by atoms with Gasteiger partial charge in [-0.1, -0.05) is 41.4 Å². The summed E-state index contributed by atoms with van der Waals surface area (Å²) in [5.41, 5.74) is 5.51. The minimum atomic E-state index is -0.352. The topological polar surface area (TPSA) is 46.6 Å². The maximum absolute atomic E-state index is 13.1. The third-order valence-corrected chi connectivity index (χ3v) is 7.39. The predicted molar refractivity (Wildman–Crippen MR) is 130 cm³/mol. The molecule has 0 saturated heterocycles. The lowest BCUT2D eigenvalue weighted by Crippen LogP contribution is -2.37. The number of ether oxygens (including phenoxy) is 1. The van der Waals surface area contributed by atoms with Crippen molar-refractivity contribution in [2.75, 3.05) is 7.05 Å². The maximum atomic E-state index is 13.1. The van der Waals surface area contributed by atoms with Crippen molar-refractivity contribution in [1.29, 1.82) is 0 Å². The van der Waals surface area contributed by atoms with Gasteiger partial charge in [0.25, 0.3) is 0 Å². The fraction of sp³-hybridized carbons (Fsp3) is 0.333. The smallest absolute Gasteiger partial charge is 0.161 e. The van der Waals surface area contributed by atoms with E-state index in [1.165, 1.54) is 0 Å². The molecule has 0 saturated carbocycles. The summed E-state index contributed by atoms with van der Waals surface area (Å²) in [6.45, 7) is 0.367. The molecular weight excluding hydrogens is 457 g/mol. The lowest BCUT2D eigenvalue weighted by Gasteiger charge is -2.42. The van der Waals surface area contributed by atoms with Crippen molar-refractivity contribution >= 4 is 34.8 Å². The molecule has 2 aromatic rings. The number of halogens is 2. The Morgan fingerprint density at radius 3 is 2.06 bits per heavy atom. The first-order valence-corrected chi connectivity index (χ1v) is 12.1. The van der Waals surface area contributed by atoms with Gasteiger partial charge in [0.15, 0.2) is 11.6 Å². The normalized spacial score (nSPS) is 19.1. The van der Waals surface area contributed by atoms with E-state index in [9.17, 15) is 9.59 Å². The largest absolute Gasteiger partial charge is 0.487 e. The molecule has 0 atom stereocenters. The highest BCUT2D eigenvalue weighted by Gasteiger charge is 2.42. The molecule has 0 bridgehead atoms. The second-order valence-electron chi connectivity index (χ2n) is 8.87. The first-order chi connectivity index (χ1) is 15.9. The quantitative estimate of drug-likeness (QED) is 0.492. The molecule has 3 aliphatic rings. The van der Waals surface area contributed by atoms with E-state index in [-0.39, 0.29) is 17.5 Å². The average molecular weight is 482 g/mol. The summed E-state index contributed by atoms with van der Waals surface area (Å²) in [6.07, 6.45) is 4.46. The molecule has 5 rings (SSSR count). The van der Waals surface area contributed by atoms with E-state index in [4.69, 9.17) is 27.9 Å². The number of benzene rings is 2. The van der Waals surface area contributed by atoms with Crippen LogP contribution in [0.15, 0.2) is 65.0 Å². The Balaban J connectivity index is 1.50. The molecule has 2 aliphatic carbocycles. The van der Waals surface area contributed by atoms with Gasteiger partial charge >= 0.3 is 0 Å². The van der Waals surface area contributed by atoms with Crippen molar-refractivity contribution in [3.8, 4) is 5.75 Å². The van der Waals surface area contributed by atoms with Gasteiger partial charge in [0.2, 0.25) is 0 Å². The number of carbonyl (C=O) groups is 2. The van der Waals surface area contributed by atoms with Crippen molar-refractivity contribution in [3.63, 3.8) is 0 Å². The fourth-order valence-corrected chi connectivity index (χ4v) is 5.61. The van der Waals surface area contributed by atoms with Gasteiger partial charge in [-0.15, -0.1) is 0 Å². The van der Waals surface area contributed by atoms with Crippen molar-refractivity contribution in [1.82, 2.24) is 4.90 Å². The number of hydrogen-bond acceptors (Lipinski definition) is 4. The first-order valence-electron chi connectivity index (χ1n) is 11.4. The zero-order valence-electron chi connectivity index (χ0n) is 18.5. The third-order valence-electron chi connectivity index (χ3n) is 6.84. The van der Waals surface area contributed by atoms with E-state index in [2.05, 4.69) is 4.90 Å². The molecule has 2 aromatic carbocycles. The van der Waals surface area contributed by atoms with Gasteiger partial charge in [-0.3, -0.25) is 9.59 Å². The maximum Gasteiger partial charge on any atom is 0.161 e. The van der Waals surface area contributed by atoms with Crippen LogP contribution in [0, 0.1) is 0 Å². The van der Waals surface area contributed by atoms with Gasteiger partial charge in [-0.25, -0.2) is 0 Å². The number of rotatable bonds is 4. The number of allylic oxidation sites excluding steroid dienone is 4. The molecule has 0 aromatic heterocycles. The molecule has 1 heterocycles. The molecule has 1 aliphatic heterocycles. The van der Waals surface area contributed by atoms with Crippen molar-refractivity contribution in [2.24, 2.45) is 0 Å². The Labute approximate surface area is 203 Å². The summed E-state index contributed by atoms with van der Waals surface area (Å²) in [5.74, 6) is 0.487. The standard InChI is InChI=1S/C27H25Cl2NO3/c1-30-20-4-2-6-22(31)26(20)25(27-21(30)5-3-7-23(27)32)17-10-13-24(19(29)14-17)33-15-16-8-11-18(28)12-9-16/h8-14,25H,2-7,15H2,1H3. The van der Waals surface area contributed by atoms with Crippen LogP contribution >= 0.6 is 23.2 Å². The van der Waals surface area contributed by atoms with E-state index in [1.54, 1.807) is 0 Å². The van der Waals surface area contributed by atoms with E-state index in [0.29, 0.717) is 35.2 Å². The van der Waals surface area contributed by atoms with E-state index in [1.807, 2.05) is 49.5 Å². The van der Waals surface area contributed by atoms with Crippen molar-refractivity contribution in [2.45, 2.75) is 51.0 Å². The number of ketones is 2. The second kappa shape index (κ2) is 9.00. The molecule has 33 heavy (non-hydrogen) atoms. The van der Waals surface area contributed by atoms with Gasteiger partial charge in [-0.05, 0) is 61.1 Å². The zero-order valence-corrected chi connectivity index (χ0v) is 20.0. The highest BCUT2D eigenvalue weighted by molar-refractivity contribution is 6.32. The fourth-order valence-electron chi connectivity index (χ4n) is 5.24. The Morgan fingerprint density at radius 1 is 0.879 bits per heavy atom. The predicted octanol–water partition coefficient (Wildman–Crippen LogP) is 6.62. The molecule has 0 unspecified atom stereocenters. The molecule has 0 radical (unpaired) electrons. The summed E-state index contributed by atoms with van der Waals surface area (Å²) in [6, 6.07) is 13.1. The average Bonchev–Trinajstić information content (AvgIpc) is 2.81. The van der Waals surface area contributed by atoms with Crippen LogP contribution in [0.2, 0.25) is 10.0 Å². The highest BCUT2D eigenvalue weighted by Crippen LogP contribution is 2.49. The number of hydrogen-bond donors (Lipinski definition) is 0. The van der Waals surface area contributed by atoms with Crippen LogP contribution in [0.1, 0.15) is 55.6 Å². The Morgan fingerprint density at radius 2 is 1.48 bits per heavy atom. The molecule has 0 fully saturated rings. The minimum Gasteiger partial charge on any atom is -0.487 e. The number of carbonyl (C=O) groups excluding carboxylic acids is 2. The highest BCUT2D eigenvalue weighted by atomic mass is 35.5. The second-order valence-corrected chi connectivity index (χ2v) is 9.71. The van der Waals surface area contributed by atoms with E-state index in [0.717, 1.165) is 59.4 Å². The van der Waals surface area contributed by atoms with Crippen LogP contribution in [0.5, 0.6) is 5.75 Å². The Hall–Kier alpha value is -2.56. The van der Waals surface area contributed by atoms with Crippen molar-refractivity contribution < 1.29 is 14.3 Å². The summed E-state index contributed by atoms with van der Waals surface area (Å²) in [7, 11) is 2.00. The summed E-state index contributed by atoms with van der Waals surface area (Å²) >= 11 is 12.6. The lowest BCUT2D eigenvalue weighted by atomic mass is 9.71. The Kier molecular flexibility index (Phi) is 6.07. The minimum absolute atomic E-state index is 0.136. The number of Topliss-reactive ketones (excluding diaryl/α,β-unsaturated/α-hetero) is 2. The molecule has 0 spiro atoms. The summed E-state index contributed by atoms with van der Waals surface area (Å²) in [5, 5.41) is 1.15. The van der Waals surface area contributed by atoms with Gasteiger partial charge < -0.3 is 9.64 Å². The van der Waals surface area contributed by atoms with Crippen molar-refractivity contribution in [3.05, 3.63) is 86.2 Å². The summed E-state index contributed by atoms with van der Waals surface area (Å²) < 4.78 is 5.94. The van der Waals surface area contributed by atoms with Crippen LogP contribution < -0.4 is 4.74 Å². The van der Waals surface area contributed by atoms with Gasteiger partial charge in [-0.2, -0.15) is 0 Å². The van der Waals surface area contributed by atoms with Crippen LogP contribution in [0.4, 0.5) is 0 Å². The molecule has 0 amide bonds. The molecule has 4 nitrogen and oxygen atoms in total. The van der Waals surface area contributed by atoms with Crippen LogP contribution in [0.25, 0.3) is 0 Å². The number of nitrogens with zero attached hydrogens (tertiary/aromatic N) is 1. The molecule has 170 valence electrons. The van der Waals surface area contributed by atoms with E-state index < -0.39 is 0 Å². The molecule has 0 N–H and O–H groups in total. The third kappa shape index (κ3) is 4.11. The van der Waals surface area contributed by atoms with Gasteiger partial charge in [0, 0.05) is 53.4 Å².